The van der Waals surface area contributed by atoms with Crippen molar-refractivity contribution in [2.45, 2.75) is 50.2 Å². The number of likely N-dealkylation sites (N-methyl/N-ethyl adjacent to an activating group) is 1. The zero-order valence-electron chi connectivity index (χ0n) is 11.2. The highest BCUT2D eigenvalue weighted by molar-refractivity contribution is 5.39. The Morgan fingerprint density at radius 1 is 1.22 bits per heavy atom. The molecule has 1 aromatic rings. The first-order chi connectivity index (χ1) is 8.88. The maximum Gasteiger partial charge on any atom is 0.0728 e. The van der Waals surface area contributed by atoms with E-state index in [1.54, 1.807) is 0 Å². The summed E-state index contributed by atoms with van der Waals surface area (Å²) in [6.45, 7) is 0.903. The van der Waals surface area contributed by atoms with E-state index in [2.05, 4.69) is 36.6 Å². The van der Waals surface area contributed by atoms with Gasteiger partial charge in [0, 0.05) is 12.0 Å². The maximum absolute atomic E-state index is 6.18. The van der Waals surface area contributed by atoms with Crippen LogP contribution in [0.25, 0.3) is 0 Å². The molecule has 18 heavy (non-hydrogen) atoms. The molecule has 0 aromatic heterocycles. The van der Waals surface area contributed by atoms with Crippen molar-refractivity contribution in [3.8, 4) is 0 Å². The number of benzene rings is 1. The van der Waals surface area contributed by atoms with Crippen molar-refractivity contribution in [1.29, 1.82) is 0 Å². The van der Waals surface area contributed by atoms with Crippen LogP contribution < -0.4 is 5.32 Å². The van der Waals surface area contributed by atoms with Crippen molar-refractivity contribution < 1.29 is 4.74 Å². The second-order valence-electron chi connectivity index (χ2n) is 5.65. The Bertz CT molecular complexity index is 404. The Kier molecular flexibility index (Phi) is 3.67. The second kappa shape index (κ2) is 5.41. The normalized spacial score (nSPS) is 30.6. The van der Waals surface area contributed by atoms with E-state index in [-0.39, 0.29) is 0 Å². The first-order valence-electron chi connectivity index (χ1n) is 7.25. The van der Waals surface area contributed by atoms with Crippen LogP contribution in [0.2, 0.25) is 0 Å². The Morgan fingerprint density at radius 2 is 2.06 bits per heavy atom. The lowest BCUT2D eigenvalue weighted by Crippen LogP contribution is -2.42. The van der Waals surface area contributed by atoms with Crippen LogP contribution in [0.5, 0.6) is 0 Å². The van der Waals surface area contributed by atoms with Gasteiger partial charge in [-0.25, -0.2) is 0 Å². The molecule has 98 valence electrons. The van der Waals surface area contributed by atoms with E-state index in [0.29, 0.717) is 18.1 Å². The van der Waals surface area contributed by atoms with E-state index in [1.165, 1.54) is 43.2 Å². The van der Waals surface area contributed by atoms with Crippen LogP contribution in [0.3, 0.4) is 0 Å². The van der Waals surface area contributed by atoms with Gasteiger partial charge < -0.3 is 10.1 Å². The highest BCUT2D eigenvalue weighted by Crippen LogP contribution is 2.35. The van der Waals surface area contributed by atoms with Crippen LogP contribution in [-0.2, 0) is 11.2 Å². The Balaban J connectivity index is 1.53. The third kappa shape index (κ3) is 2.32. The van der Waals surface area contributed by atoms with E-state index in [9.17, 15) is 0 Å². The molecule has 0 spiro atoms. The number of rotatable bonds is 4. The molecule has 1 N–H and O–H groups in total. The Labute approximate surface area is 110 Å². The highest BCUT2D eigenvalue weighted by atomic mass is 16.5. The number of ether oxygens (including phenoxy) is 1. The first-order valence-corrected chi connectivity index (χ1v) is 7.25. The van der Waals surface area contributed by atoms with E-state index >= 15 is 0 Å². The third-order valence-electron chi connectivity index (χ3n) is 4.55. The van der Waals surface area contributed by atoms with Gasteiger partial charge in [0.2, 0.25) is 0 Å². The lowest BCUT2D eigenvalue weighted by molar-refractivity contribution is -0.00261. The fourth-order valence-electron chi connectivity index (χ4n) is 3.38. The summed E-state index contributed by atoms with van der Waals surface area (Å²) in [5.41, 5.74) is 3.02. The molecule has 2 aliphatic carbocycles. The van der Waals surface area contributed by atoms with Gasteiger partial charge in [0.25, 0.3) is 0 Å². The van der Waals surface area contributed by atoms with Crippen molar-refractivity contribution >= 4 is 0 Å². The fourth-order valence-corrected chi connectivity index (χ4v) is 3.38. The smallest absolute Gasteiger partial charge is 0.0728 e. The summed E-state index contributed by atoms with van der Waals surface area (Å²) in [6.07, 6.45) is 6.79. The number of hydrogen-bond donors (Lipinski definition) is 1. The monoisotopic (exact) mass is 245 g/mol. The molecule has 0 saturated heterocycles. The van der Waals surface area contributed by atoms with Gasteiger partial charge in [0.15, 0.2) is 0 Å². The molecule has 3 atom stereocenters. The van der Waals surface area contributed by atoms with Crippen molar-refractivity contribution in [1.82, 2.24) is 5.32 Å². The summed E-state index contributed by atoms with van der Waals surface area (Å²) >= 11 is 0. The molecule has 0 radical (unpaired) electrons. The van der Waals surface area contributed by atoms with Crippen LogP contribution in [0, 0.1) is 0 Å². The molecule has 3 rings (SSSR count). The lowest BCUT2D eigenvalue weighted by atomic mass is 9.78. The Hall–Kier alpha value is -0.860. The zero-order valence-corrected chi connectivity index (χ0v) is 11.2. The van der Waals surface area contributed by atoms with Gasteiger partial charge in [-0.1, -0.05) is 37.1 Å². The molecule has 1 saturated carbocycles. The predicted molar refractivity (Wildman–Crippen MR) is 73.9 cm³/mol. The van der Waals surface area contributed by atoms with Gasteiger partial charge in [-0.2, -0.15) is 0 Å². The van der Waals surface area contributed by atoms with Crippen molar-refractivity contribution in [3.63, 3.8) is 0 Å². The summed E-state index contributed by atoms with van der Waals surface area (Å²) < 4.78 is 6.18. The van der Waals surface area contributed by atoms with Crippen LogP contribution in [-0.4, -0.2) is 25.8 Å². The highest BCUT2D eigenvalue weighted by Gasteiger charge is 2.29. The minimum Gasteiger partial charge on any atom is -0.376 e. The van der Waals surface area contributed by atoms with Crippen LogP contribution in [0.1, 0.15) is 42.7 Å². The standard InChI is InChI=1S/C16H23NO/c1-17-15-8-4-5-9-16(15)18-11-13-10-12-6-2-3-7-14(12)13/h2-3,6-7,13,15-17H,4-5,8-11H2,1H3. The van der Waals surface area contributed by atoms with Gasteiger partial charge >= 0.3 is 0 Å². The largest absolute Gasteiger partial charge is 0.376 e. The van der Waals surface area contributed by atoms with Gasteiger partial charge in [0.1, 0.15) is 0 Å². The van der Waals surface area contributed by atoms with E-state index in [0.717, 1.165) is 6.61 Å². The quantitative estimate of drug-likeness (QED) is 0.880. The molecule has 0 bridgehead atoms. The minimum absolute atomic E-state index is 0.427. The zero-order chi connectivity index (χ0) is 12.4. The average molecular weight is 245 g/mol. The molecule has 0 aliphatic heterocycles. The van der Waals surface area contributed by atoms with E-state index < -0.39 is 0 Å². The summed E-state index contributed by atoms with van der Waals surface area (Å²) in [5, 5.41) is 3.41. The first kappa shape index (κ1) is 12.2. The minimum atomic E-state index is 0.427. The molecule has 2 aliphatic rings. The molecule has 0 heterocycles. The molecule has 3 unspecified atom stereocenters. The van der Waals surface area contributed by atoms with Gasteiger partial charge in [-0.05, 0) is 37.4 Å². The summed E-state index contributed by atoms with van der Waals surface area (Å²) in [4.78, 5) is 0. The molecular formula is C16H23NO. The van der Waals surface area contributed by atoms with Crippen molar-refractivity contribution in [2.75, 3.05) is 13.7 Å². The van der Waals surface area contributed by atoms with Gasteiger partial charge in [0.05, 0.1) is 12.7 Å². The van der Waals surface area contributed by atoms with Gasteiger partial charge in [-0.15, -0.1) is 0 Å². The molecule has 0 amide bonds. The topological polar surface area (TPSA) is 21.3 Å². The summed E-state index contributed by atoms with van der Waals surface area (Å²) in [7, 11) is 2.06. The number of fused-ring (bicyclic) bond motifs is 1. The van der Waals surface area contributed by atoms with Crippen LogP contribution >= 0.6 is 0 Å². The van der Waals surface area contributed by atoms with Crippen LogP contribution in [0.15, 0.2) is 24.3 Å². The summed E-state index contributed by atoms with van der Waals surface area (Å²) in [6, 6.07) is 9.33. The molecule has 1 fully saturated rings. The van der Waals surface area contributed by atoms with E-state index in [4.69, 9.17) is 4.74 Å². The van der Waals surface area contributed by atoms with Gasteiger partial charge in [-0.3, -0.25) is 0 Å². The predicted octanol–water partition coefficient (Wildman–Crippen LogP) is 2.87. The van der Waals surface area contributed by atoms with Crippen molar-refractivity contribution in [3.05, 3.63) is 35.4 Å². The summed E-state index contributed by atoms with van der Waals surface area (Å²) in [5.74, 6) is 0.639. The molecular weight excluding hydrogens is 222 g/mol. The second-order valence-corrected chi connectivity index (χ2v) is 5.65. The lowest BCUT2D eigenvalue weighted by Gasteiger charge is -2.35. The average Bonchev–Trinajstić information content (AvgIpc) is 2.40. The molecule has 2 heteroatoms. The molecule has 1 aromatic carbocycles. The molecule has 2 nitrogen and oxygen atoms in total. The van der Waals surface area contributed by atoms with Crippen molar-refractivity contribution in [2.24, 2.45) is 0 Å². The number of nitrogens with one attached hydrogen (secondary N) is 1. The fraction of sp³-hybridized carbons (Fsp3) is 0.625. The van der Waals surface area contributed by atoms with E-state index in [1.807, 2.05) is 0 Å². The maximum atomic E-state index is 6.18. The number of hydrogen-bond acceptors (Lipinski definition) is 2. The third-order valence-corrected chi connectivity index (χ3v) is 4.55. The SMILES string of the molecule is CNC1CCCCC1OCC1Cc2ccccc21. The van der Waals surface area contributed by atoms with Crippen LogP contribution in [0.4, 0.5) is 0 Å². The Morgan fingerprint density at radius 3 is 2.89 bits per heavy atom.